The van der Waals surface area contributed by atoms with E-state index >= 15 is 0 Å². The van der Waals surface area contributed by atoms with Gasteiger partial charge in [0.15, 0.2) is 0 Å². The Bertz CT molecular complexity index is 391. The van der Waals surface area contributed by atoms with E-state index in [9.17, 15) is 8.42 Å². The number of aromatic nitrogens is 2. The number of H-pyrrole nitrogens is 1. The Morgan fingerprint density at radius 3 is 2.60 bits per heavy atom. The van der Waals surface area contributed by atoms with Crippen molar-refractivity contribution in [1.82, 2.24) is 19.4 Å². The highest BCUT2D eigenvalue weighted by Gasteiger charge is 2.19. The zero-order chi connectivity index (χ0) is 11.5. The topological polar surface area (TPSA) is 86.9 Å². The average molecular weight is 232 g/mol. The van der Waals surface area contributed by atoms with E-state index in [0.717, 1.165) is 0 Å². The third kappa shape index (κ3) is 4.91. The molecule has 3 N–H and O–H groups in total. The van der Waals surface area contributed by atoms with Crippen molar-refractivity contribution < 1.29 is 8.42 Å². The van der Waals surface area contributed by atoms with Crippen molar-refractivity contribution in [3.05, 3.63) is 18.2 Å². The first-order valence-corrected chi connectivity index (χ1v) is 6.04. The number of imidazole rings is 1. The standard InChI is InChI=1S/C8H16N4O2S/c1-8(2,3)12-15(13,14)11-6-7-9-4-5-10-7/h4-5,11-12H,6H2,1-3H3,(H,9,10). The van der Waals surface area contributed by atoms with Crippen LogP contribution in [0.5, 0.6) is 0 Å². The minimum absolute atomic E-state index is 0.151. The number of aromatic amines is 1. The molecule has 0 saturated heterocycles. The van der Waals surface area contributed by atoms with Gasteiger partial charge in [-0.25, -0.2) is 4.98 Å². The van der Waals surface area contributed by atoms with E-state index in [-0.39, 0.29) is 6.54 Å². The van der Waals surface area contributed by atoms with Crippen molar-refractivity contribution >= 4 is 10.2 Å². The van der Waals surface area contributed by atoms with Gasteiger partial charge in [-0.1, -0.05) is 0 Å². The molecule has 1 aromatic heterocycles. The smallest absolute Gasteiger partial charge is 0.277 e. The Labute approximate surface area is 89.7 Å². The molecule has 0 aliphatic rings. The maximum absolute atomic E-state index is 11.5. The van der Waals surface area contributed by atoms with Gasteiger partial charge in [0.2, 0.25) is 0 Å². The monoisotopic (exact) mass is 232 g/mol. The predicted octanol–water partition coefficient (Wildman–Crippen LogP) is 0.132. The van der Waals surface area contributed by atoms with Gasteiger partial charge in [-0.3, -0.25) is 0 Å². The fourth-order valence-electron chi connectivity index (χ4n) is 0.997. The van der Waals surface area contributed by atoms with Crippen molar-refractivity contribution in [3.8, 4) is 0 Å². The summed E-state index contributed by atoms with van der Waals surface area (Å²) in [4.78, 5) is 6.71. The van der Waals surface area contributed by atoms with Gasteiger partial charge < -0.3 is 4.98 Å². The quantitative estimate of drug-likeness (QED) is 0.689. The Balaban J connectivity index is 2.51. The highest BCUT2D eigenvalue weighted by Crippen LogP contribution is 2.00. The summed E-state index contributed by atoms with van der Waals surface area (Å²) in [5.41, 5.74) is -0.491. The predicted molar refractivity (Wildman–Crippen MR) is 57.2 cm³/mol. The summed E-state index contributed by atoms with van der Waals surface area (Å²) in [5, 5.41) is 0. The third-order valence-corrected chi connectivity index (χ3v) is 2.83. The van der Waals surface area contributed by atoms with Crippen LogP contribution in [0.2, 0.25) is 0 Å². The zero-order valence-electron chi connectivity index (χ0n) is 9.03. The Morgan fingerprint density at radius 2 is 2.13 bits per heavy atom. The van der Waals surface area contributed by atoms with Crippen molar-refractivity contribution in [2.75, 3.05) is 0 Å². The molecule has 0 aliphatic heterocycles. The van der Waals surface area contributed by atoms with E-state index in [4.69, 9.17) is 0 Å². The van der Waals surface area contributed by atoms with Crippen LogP contribution in [-0.4, -0.2) is 23.9 Å². The van der Waals surface area contributed by atoms with Crippen LogP contribution in [0.25, 0.3) is 0 Å². The van der Waals surface area contributed by atoms with E-state index < -0.39 is 15.7 Å². The third-order valence-electron chi connectivity index (χ3n) is 1.43. The molecule has 0 fully saturated rings. The van der Waals surface area contributed by atoms with Gasteiger partial charge in [0.25, 0.3) is 10.2 Å². The van der Waals surface area contributed by atoms with Crippen LogP contribution >= 0.6 is 0 Å². The fraction of sp³-hybridized carbons (Fsp3) is 0.625. The Kier molecular flexibility index (Phi) is 3.48. The highest BCUT2D eigenvalue weighted by molar-refractivity contribution is 7.87. The number of nitrogens with one attached hydrogen (secondary N) is 3. The van der Waals surface area contributed by atoms with Crippen LogP contribution in [0.3, 0.4) is 0 Å². The Hall–Kier alpha value is -0.920. The molecule has 0 unspecified atom stereocenters. The Morgan fingerprint density at radius 1 is 1.47 bits per heavy atom. The molecule has 6 nitrogen and oxygen atoms in total. The van der Waals surface area contributed by atoms with Crippen LogP contribution in [0.1, 0.15) is 26.6 Å². The summed E-state index contributed by atoms with van der Waals surface area (Å²) in [7, 11) is -3.48. The largest absolute Gasteiger partial charge is 0.347 e. The van der Waals surface area contributed by atoms with Gasteiger partial charge in [0.1, 0.15) is 5.82 Å². The lowest BCUT2D eigenvalue weighted by atomic mass is 10.1. The van der Waals surface area contributed by atoms with Crippen LogP contribution in [-0.2, 0) is 16.8 Å². The second-order valence-electron chi connectivity index (χ2n) is 4.21. The summed E-state index contributed by atoms with van der Waals surface area (Å²) in [6.45, 7) is 5.48. The molecule has 0 spiro atoms. The summed E-state index contributed by atoms with van der Waals surface area (Å²) in [5.74, 6) is 0.578. The van der Waals surface area contributed by atoms with Crippen molar-refractivity contribution in [3.63, 3.8) is 0 Å². The molecule has 86 valence electrons. The minimum Gasteiger partial charge on any atom is -0.347 e. The second-order valence-corrected chi connectivity index (χ2v) is 5.71. The molecule has 7 heteroatoms. The van der Waals surface area contributed by atoms with Gasteiger partial charge in [0, 0.05) is 17.9 Å². The van der Waals surface area contributed by atoms with Crippen LogP contribution in [0.4, 0.5) is 0 Å². The van der Waals surface area contributed by atoms with E-state index in [0.29, 0.717) is 5.82 Å². The molecule has 1 aromatic rings. The second kappa shape index (κ2) is 4.30. The van der Waals surface area contributed by atoms with E-state index in [1.54, 1.807) is 33.2 Å². The van der Waals surface area contributed by atoms with E-state index in [2.05, 4.69) is 19.4 Å². The highest BCUT2D eigenvalue weighted by atomic mass is 32.2. The minimum atomic E-state index is -3.48. The molecule has 0 radical (unpaired) electrons. The molecule has 0 aliphatic carbocycles. The van der Waals surface area contributed by atoms with Crippen molar-refractivity contribution in [1.29, 1.82) is 0 Å². The summed E-state index contributed by atoms with van der Waals surface area (Å²) < 4.78 is 27.8. The lowest BCUT2D eigenvalue weighted by molar-refractivity contribution is 0.483. The van der Waals surface area contributed by atoms with Crippen LogP contribution < -0.4 is 9.44 Å². The van der Waals surface area contributed by atoms with Gasteiger partial charge in [-0.2, -0.15) is 17.9 Å². The van der Waals surface area contributed by atoms with Gasteiger partial charge in [0.05, 0.1) is 6.54 Å². The molecule has 1 heterocycles. The van der Waals surface area contributed by atoms with E-state index in [1.165, 1.54) is 0 Å². The number of hydrogen-bond donors (Lipinski definition) is 3. The van der Waals surface area contributed by atoms with Crippen molar-refractivity contribution in [2.45, 2.75) is 32.9 Å². The summed E-state index contributed by atoms with van der Waals surface area (Å²) in [6.07, 6.45) is 3.21. The lowest BCUT2D eigenvalue weighted by Crippen LogP contribution is -2.46. The molecule has 0 atom stereocenters. The average Bonchev–Trinajstić information content (AvgIpc) is 2.47. The van der Waals surface area contributed by atoms with Gasteiger partial charge >= 0.3 is 0 Å². The maximum Gasteiger partial charge on any atom is 0.277 e. The van der Waals surface area contributed by atoms with Gasteiger partial charge in [-0.15, -0.1) is 0 Å². The lowest BCUT2D eigenvalue weighted by Gasteiger charge is -2.20. The SMILES string of the molecule is CC(C)(C)NS(=O)(=O)NCc1ncc[nH]1. The molecule has 0 saturated carbocycles. The zero-order valence-corrected chi connectivity index (χ0v) is 9.85. The van der Waals surface area contributed by atoms with Gasteiger partial charge in [-0.05, 0) is 20.8 Å². The first-order valence-electron chi connectivity index (χ1n) is 4.55. The molecule has 0 aromatic carbocycles. The number of rotatable bonds is 4. The van der Waals surface area contributed by atoms with E-state index in [1.807, 2.05) is 0 Å². The van der Waals surface area contributed by atoms with Crippen molar-refractivity contribution in [2.24, 2.45) is 0 Å². The molecular weight excluding hydrogens is 216 g/mol. The molecule has 0 amide bonds. The fourth-order valence-corrected chi connectivity index (χ4v) is 2.20. The summed E-state index contributed by atoms with van der Waals surface area (Å²) in [6, 6.07) is 0. The number of hydrogen-bond acceptors (Lipinski definition) is 3. The maximum atomic E-state index is 11.5. The first-order chi connectivity index (χ1) is 6.79. The summed E-state index contributed by atoms with van der Waals surface area (Å²) >= 11 is 0. The molecular formula is C8H16N4O2S. The number of nitrogens with zero attached hydrogens (tertiary/aromatic N) is 1. The van der Waals surface area contributed by atoms with Crippen LogP contribution in [0.15, 0.2) is 12.4 Å². The molecule has 0 bridgehead atoms. The first kappa shape index (κ1) is 12.2. The normalized spacial score (nSPS) is 13.0. The molecule has 1 rings (SSSR count). The van der Waals surface area contributed by atoms with Crippen LogP contribution in [0, 0.1) is 0 Å². The molecule has 15 heavy (non-hydrogen) atoms.